The van der Waals surface area contributed by atoms with Gasteiger partial charge in [0.15, 0.2) is 5.79 Å². The molecule has 2 heterocycles. The van der Waals surface area contributed by atoms with Crippen LogP contribution in [0.15, 0.2) is 24.3 Å². The van der Waals surface area contributed by atoms with E-state index in [9.17, 15) is 0 Å². The minimum absolute atomic E-state index is 0.312. The summed E-state index contributed by atoms with van der Waals surface area (Å²) in [5.41, 5.74) is 7.78. The average molecular weight is 234 g/mol. The standard InChI is InChI=1S/C13H18N2O2/c14-12-3-1-11(2-4-12)9-15-6-5-13(10-15)16-7-8-17-13/h1-4H,5-10,14H2. The highest BCUT2D eigenvalue weighted by Crippen LogP contribution is 2.31. The predicted molar refractivity (Wildman–Crippen MR) is 65.4 cm³/mol. The van der Waals surface area contributed by atoms with Gasteiger partial charge in [0.25, 0.3) is 0 Å². The Morgan fingerprint density at radius 2 is 1.88 bits per heavy atom. The molecule has 1 spiro atoms. The van der Waals surface area contributed by atoms with Crippen LogP contribution in [0.5, 0.6) is 0 Å². The maximum absolute atomic E-state index is 5.70. The Kier molecular flexibility index (Phi) is 2.78. The van der Waals surface area contributed by atoms with E-state index < -0.39 is 0 Å². The second kappa shape index (κ2) is 4.29. The largest absolute Gasteiger partial charge is 0.399 e. The van der Waals surface area contributed by atoms with Crippen molar-refractivity contribution in [2.45, 2.75) is 18.8 Å². The maximum atomic E-state index is 5.70. The summed E-state index contributed by atoms with van der Waals surface area (Å²) in [5.74, 6) is -0.312. The summed E-state index contributed by atoms with van der Waals surface area (Å²) >= 11 is 0. The van der Waals surface area contributed by atoms with Gasteiger partial charge in [0, 0.05) is 25.2 Å². The molecule has 2 N–H and O–H groups in total. The van der Waals surface area contributed by atoms with E-state index in [2.05, 4.69) is 17.0 Å². The van der Waals surface area contributed by atoms with Crippen LogP contribution in [-0.4, -0.2) is 37.0 Å². The third-order valence-corrected chi connectivity index (χ3v) is 3.47. The van der Waals surface area contributed by atoms with Crippen molar-refractivity contribution >= 4 is 5.69 Å². The van der Waals surface area contributed by atoms with E-state index in [-0.39, 0.29) is 5.79 Å². The summed E-state index contributed by atoms with van der Waals surface area (Å²) < 4.78 is 11.4. The SMILES string of the molecule is Nc1ccc(CN2CCC3(C2)OCCO3)cc1. The fourth-order valence-corrected chi connectivity index (χ4v) is 2.58. The van der Waals surface area contributed by atoms with Crippen molar-refractivity contribution in [2.24, 2.45) is 0 Å². The van der Waals surface area contributed by atoms with Gasteiger partial charge >= 0.3 is 0 Å². The Balaban J connectivity index is 1.62. The Morgan fingerprint density at radius 1 is 1.18 bits per heavy atom. The normalized spacial score (nSPS) is 23.5. The molecule has 1 aromatic rings. The summed E-state index contributed by atoms with van der Waals surface area (Å²) in [6.07, 6.45) is 0.974. The molecule has 1 aromatic carbocycles. The Morgan fingerprint density at radius 3 is 2.59 bits per heavy atom. The Bertz CT molecular complexity index is 385. The van der Waals surface area contributed by atoms with Gasteiger partial charge in [0.1, 0.15) is 0 Å². The lowest BCUT2D eigenvalue weighted by atomic mass is 10.2. The van der Waals surface area contributed by atoms with Crippen molar-refractivity contribution in [1.29, 1.82) is 0 Å². The first-order valence-corrected chi connectivity index (χ1v) is 6.10. The summed E-state index contributed by atoms with van der Waals surface area (Å²) in [6.45, 7) is 4.31. The highest BCUT2D eigenvalue weighted by Gasteiger charge is 2.42. The zero-order chi connectivity index (χ0) is 11.7. The molecule has 0 aromatic heterocycles. The zero-order valence-corrected chi connectivity index (χ0v) is 9.89. The van der Waals surface area contributed by atoms with Crippen LogP contribution in [0.4, 0.5) is 5.69 Å². The van der Waals surface area contributed by atoms with Gasteiger partial charge in [0.05, 0.1) is 19.8 Å². The third kappa shape index (κ3) is 2.29. The van der Waals surface area contributed by atoms with Gasteiger partial charge < -0.3 is 15.2 Å². The number of benzene rings is 1. The highest BCUT2D eigenvalue weighted by molar-refractivity contribution is 5.39. The minimum atomic E-state index is -0.312. The molecule has 0 unspecified atom stereocenters. The molecule has 0 bridgehead atoms. The van der Waals surface area contributed by atoms with E-state index >= 15 is 0 Å². The minimum Gasteiger partial charge on any atom is -0.399 e. The van der Waals surface area contributed by atoms with E-state index in [1.165, 1.54) is 5.56 Å². The topological polar surface area (TPSA) is 47.7 Å². The van der Waals surface area contributed by atoms with E-state index in [1.807, 2.05) is 12.1 Å². The summed E-state index contributed by atoms with van der Waals surface area (Å²) in [7, 11) is 0. The Hall–Kier alpha value is -1.10. The lowest BCUT2D eigenvalue weighted by Crippen LogP contribution is -2.34. The number of anilines is 1. The smallest absolute Gasteiger partial charge is 0.182 e. The van der Waals surface area contributed by atoms with Crippen molar-refractivity contribution < 1.29 is 9.47 Å². The van der Waals surface area contributed by atoms with Gasteiger partial charge in [-0.05, 0) is 17.7 Å². The molecular weight excluding hydrogens is 216 g/mol. The number of nitrogens with zero attached hydrogens (tertiary/aromatic N) is 1. The average Bonchev–Trinajstić information content (AvgIpc) is 2.94. The van der Waals surface area contributed by atoms with Crippen molar-refractivity contribution in [3.63, 3.8) is 0 Å². The van der Waals surface area contributed by atoms with Crippen LogP contribution in [0.2, 0.25) is 0 Å². The summed E-state index contributed by atoms with van der Waals surface area (Å²) in [5, 5.41) is 0. The summed E-state index contributed by atoms with van der Waals surface area (Å²) in [6, 6.07) is 8.06. The second-order valence-corrected chi connectivity index (χ2v) is 4.81. The van der Waals surface area contributed by atoms with E-state index in [0.29, 0.717) is 0 Å². The number of nitrogen functional groups attached to an aromatic ring is 1. The van der Waals surface area contributed by atoms with Crippen molar-refractivity contribution in [3.8, 4) is 0 Å². The molecule has 0 saturated carbocycles. The first-order valence-electron chi connectivity index (χ1n) is 6.10. The first-order chi connectivity index (χ1) is 8.26. The quantitative estimate of drug-likeness (QED) is 0.782. The molecule has 2 aliphatic heterocycles. The van der Waals surface area contributed by atoms with Crippen molar-refractivity contribution in [3.05, 3.63) is 29.8 Å². The molecule has 0 atom stereocenters. The fourth-order valence-electron chi connectivity index (χ4n) is 2.58. The monoisotopic (exact) mass is 234 g/mol. The van der Waals surface area contributed by atoms with E-state index in [1.54, 1.807) is 0 Å². The van der Waals surface area contributed by atoms with Crippen LogP contribution >= 0.6 is 0 Å². The molecule has 2 aliphatic rings. The van der Waals surface area contributed by atoms with Crippen LogP contribution in [-0.2, 0) is 16.0 Å². The molecule has 4 heteroatoms. The lowest BCUT2D eigenvalue weighted by molar-refractivity contribution is -0.145. The number of hydrogen-bond acceptors (Lipinski definition) is 4. The fraction of sp³-hybridized carbons (Fsp3) is 0.538. The van der Waals surface area contributed by atoms with Gasteiger partial charge in [-0.25, -0.2) is 0 Å². The van der Waals surface area contributed by atoms with Crippen LogP contribution in [0, 0.1) is 0 Å². The molecule has 4 nitrogen and oxygen atoms in total. The molecule has 0 amide bonds. The third-order valence-electron chi connectivity index (χ3n) is 3.47. The number of hydrogen-bond donors (Lipinski definition) is 1. The number of likely N-dealkylation sites (tertiary alicyclic amines) is 1. The molecule has 92 valence electrons. The summed E-state index contributed by atoms with van der Waals surface area (Å²) in [4.78, 5) is 2.37. The molecular formula is C13H18N2O2. The van der Waals surface area contributed by atoms with Crippen molar-refractivity contribution in [2.75, 3.05) is 32.0 Å². The zero-order valence-electron chi connectivity index (χ0n) is 9.89. The van der Waals surface area contributed by atoms with E-state index in [4.69, 9.17) is 15.2 Å². The maximum Gasteiger partial charge on any atom is 0.182 e. The molecule has 2 saturated heterocycles. The van der Waals surface area contributed by atoms with Crippen LogP contribution < -0.4 is 5.73 Å². The van der Waals surface area contributed by atoms with Crippen LogP contribution in [0.3, 0.4) is 0 Å². The molecule has 3 rings (SSSR count). The molecule has 17 heavy (non-hydrogen) atoms. The van der Waals surface area contributed by atoms with Gasteiger partial charge in [0.2, 0.25) is 0 Å². The number of ether oxygens (including phenoxy) is 2. The molecule has 2 fully saturated rings. The van der Waals surface area contributed by atoms with Crippen LogP contribution in [0.1, 0.15) is 12.0 Å². The van der Waals surface area contributed by atoms with Crippen LogP contribution in [0.25, 0.3) is 0 Å². The van der Waals surface area contributed by atoms with Gasteiger partial charge in [-0.3, -0.25) is 4.90 Å². The number of nitrogens with two attached hydrogens (primary N) is 1. The van der Waals surface area contributed by atoms with Gasteiger partial charge in [-0.1, -0.05) is 12.1 Å². The molecule has 0 radical (unpaired) electrons. The lowest BCUT2D eigenvalue weighted by Gasteiger charge is -2.22. The second-order valence-electron chi connectivity index (χ2n) is 4.81. The van der Waals surface area contributed by atoms with Gasteiger partial charge in [-0.2, -0.15) is 0 Å². The van der Waals surface area contributed by atoms with Gasteiger partial charge in [-0.15, -0.1) is 0 Å². The predicted octanol–water partition coefficient (Wildman–Crippen LogP) is 1.22. The molecule has 0 aliphatic carbocycles. The highest BCUT2D eigenvalue weighted by atomic mass is 16.7. The first kappa shape index (κ1) is 11.0. The number of rotatable bonds is 2. The van der Waals surface area contributed by atoms with Crippen molar-refractivity contribution in [1.82, 2.24) is 4.90 Å². The van der Waals surface area contributed by atoms with E-state index in [0.717, 1.165) is 45.0 Å². The Labute approximate surface area is 101 Å².